The van der Waals surface area contributed by atoms with Crippen LogP contribution < -0.4 is 0 Å². The third-order valence-electron chi connectivity index (χ3n) is 3.50. The Kier molecular flexibility index (Phi) is 5.50. The number of benzene rings is 2. The standard InChI is InChI=1S/C18H21.Sn/c1-2-9-18(14-16-10-5-3-6-11-16)15-17-12-7-4-8-13-17;/h3-8,10-13H,2,9,14-15H2,1H3;. The molecule has 0 saturated carbocycles. The van der Waals surface area contributed by atoms with Crippen LogP contribution in [0.4, 0.5) is 0 Å². The quantitative estimate of drug-likeness (QED) is 0.664. The second-order valence-corrected chi connectivity index (χ2v) is 8.38. The molecule has 0 N–H and O–H groups in total. The molecule has 0 aliphatic heterocycles. The Balaban J connectivity index is 2.13. The van der Waals surface area contributed by atoms with Gasteiger partial charge in [0.2, 0.25) is 0 Å². The molecule has 2 aromatic rings. The van der Waals surface area contributed by atoms with Crippen molar-refractivity contribution in [2.75, 3.05) is 0 Å². The molecule has 0 unspecified atom stereocenters. The zero-order valence-electron chi connectivity index (χ0n) is 11.6. The first-order valence-electron chi connectivity index (χ1n) is 7.05. The molecule has 0 bridgehead atoms. The molecule has 0 heterocycles. The van der Waals surface area contributed by atoms with Gasteiger partial charge in [0.05, 0.1) is 0 Å². The van der Waals surface area contributed by atoms with Gasteiger partial charge in [0, 0.05) is 0 Å². The van der Waals surface area contributed by atoms with E-state index in [4.69, 9.17) is 0 Å². The van der Waals surface area contributed by atoms with E-state index in [2.05, 4.69) is 67.6 Å². The van der Waals surface area contributed by atoms with Crippen LogP contribution in [0, 0.1) is 0 Å². The Hall–Kier alpha value is -0.761. The van der Waals surface area contributed by atoms with Crippen LogP contribution in [0.15, 0.2) is 60.7 Å². The van der Waals surface area contributed by atoms with Crippen LogP contribution in [0.3, 0.4) is 0 Å². The average molecular weight is 356 g/mol. The van der Waals surface area contributed by atoms with Crippen LogP contribution in [0.25, 0.3) is 0 Å². The van der Waals surface area contributed by atoms with Gasteiger partial charge in [-0.1, -0.05) is 0 Å². The van der Waals surface area contributed by atoms with E-state index < -0.39 is 0 Å². The van der Waals surface area contributed by atoms with Crippen molar-refractivity contribution in [1.29, 1.82) is 0 Å². The first-order chi connectivity index (χ1) is 9.22. The second kappa shape index (κ2) is 7.14. The first-order valence-corrected chi connectivity index (χ1v) is 8.47. The molecule has 1 heteroatoms. The molecule has 2 aromatic carbocycles. The topological polar surface area (TPSA) is 0 Å². The number of hydrogen-bond acceptors (Lipinski definition) is 0. The molecule has 3 radical (unpaired) electrons. The fourth-order valence-electron chi connectivity index (χ4n) is 2.69. The first kappa shape index (κ1) is 14.6. The SMILES string of the molecule is CCC[C]([Sn])(Cc1ccccc1)Cc1ccccc1. The predicted octanol–water partition coefficient (Wildman–Crippen LogP) is 4.60. The molecule has 0 aromatic heterocycles. The molecule has 0 saturated heterocycles. The molecule has 97 valence electrons. The van der Waals surface area contributed by atoms with Crippen LogP contribution in [0.2, 0.25) is 3.43 Å². The third kappa shape index (κ3) is 4.68. The second-order valence-electron chi connectivity index (χ2n) is 5.36. The van der Waals surface area contributed by atoms with Gasteiger partial charge in [-0.3, -0.25) is 0 Å². The van der Waals surface area contributed by atoms with Crippen molar-refractivity contribution in [1.82, 2.24) is 0 Å². The minimum absolute atomic E-state index is 0.449. The fourth-order valence-corrected chi connectivity index (χ4v) is 4.57. The van der Waals surface area contributed by atoms with Gasteiger partial charge in [0.25, 0.3) is 0 Å². The van der Waals surface area contributed by atoms with Gasteiger partial charge >= 0.3 is 130 Å². The van der Waals surface area contributed by atoms with Crippen molar-refractivity contribution in [3.63, 3.8) is 0 Å². The van der Waals surface area contributed by atoms with Crippen LogP contribution in [-0.2, 0) is 12.8 Å². The summed E-state index contributed by atoms with van der Waals surface area (Å²) in [5.41, 5.74) is 2.95. The molecular formula is C18H21Sn. The Bertz CT molecular complexity index is 434. The van der Waals surface area contributed by atoms with E-state index in [1.54, 1.807) is 22.5 Å². The van der Waals surface area contributed by atoms with Gasteiger partial charge in [-0.05, 0) is 0 Å². The van der Waals surface area contributed by atoms with Crippen molar-refractivity contribution in [3.8, 4) is 0 Å². The van der Waals surface area contributed by atoms with E-state index in [0.29, 0.717) is 3.43 Å². The van der Waals surface area contributed by atoms with Gasteiger partial charge in [-0.2, -0.15) is 0 Å². The van der Waals surface area contributed by atoms with Gasteiger partial charge in [-0.15, -0.1) is 0 Å². The van der Waals surface area contributed by atoms with E-state index in [1.165, 1.54) is 36.8 Å². The molecule has 0 nitrogen and oxygen atoms in total. The molecular weight excluding hydrogens is 335 g/mol. The Morgan fingerprint density at radius 2 is 1.21 bits per heavy atom. The Morgan fingerprint density at radius 3 is 1.58 bits per heavy atom. The van der Waals surface area contributed by atoms with Crippen molar-refractivity contribution in [2.45, 2.75) is 36.0 Å². The van der Waals surface area contributed by atoms with E-state index in [0.717, 1.165) is 0 Å². The molecule has 0 spiro atoms. The summed E-state index contributed by atoms with van der Waals surface area (Å²) in [6.07, 6.45) is 4.99. The van der Waals surface area contributed by atoms with Crippen LogP contribution in [0.1, 0.15) is 30.9 Å². The van der Waals surface area contributed by atoms with Crippen LogP contribution in [-0.4, -0.2) is 22.5 Å². The maximum absolute atomic E-state index is 2.30. The Labute approximate surface area is 130 Å². The maximum atomic E-state index is 2.30. The van der Waals surface area contributed by atoms with Gasteiger partial charge in [0.1, 0.15) is 0 Å². The Morgan fingerprint density at radius 1 is 0.789 bits per heavy atom. The average Bonchev–Trinajstić information content (AvgIpc) is 2.41. The molecule has 0 atom stereocenters. The molecule has 0 fully saturated rings. The summed E-state index contributed by atoms with van der Waals surface area (Å²) >= 11 is 1.66. The fraction of sp³-hybridized carbons (Fsp3) is 0.333. The summed E-state index contributed by atoms with van der Waals surface area (Å²) in [6.45, 7) is 2.30. The number of hydrogen-bond donors (Lipinski definition) is 0. The summed E-state index contributed by atoms with van der Waals surface area (Å²) in [5.74, 6) is 0. The van der Waals surface area contributed by atoms with Crippen molar-refractivity contribution < 1.29 is 0 Å². The summed E-state index contributed by atoms with van der Waals surface area (Å²) in [5, 5.41) is 0. The van der Waals surface area contributed by atoms with Crippen LogP contribution in [0.5, 0.6) is 0 Å². The number of rotatable bonds is 6. The van der Waals surface area contributed by atoms with Crippen molar-refractivity contribution >= 4 is 22.5 Å². The summed E-state index contributed by atoms with van der Waals surface area (Å²) in [6, 6.07) is 21.9. The zero-order chi connectivity index (χ0) is 13.6. The van der Waals surface area contributed by atoms with Crippen LogP contribution >= 0.6 is 0 Å². The van der Waals surface area contributed by atoms with E-state index in [9.17, 15) is 0 Å². The van der Waals surface area contributed by atoms with E-state index >= 15 is 0 Å². The predicted molar refractivity (Wildman–Crippen MR) is 83.6 cm³/mol. The monoisotopic (exact) mass is 357 g/mol. The third-order valence-corrected chi connectivity index (χ3v) is 5.22. The molecule has 0 aliphatic carbocycles. The summed E-state index contributed by atoms with van der Waals surface area (Å²) in [4.78, 5) is 0. The van der Waals surface area contributed by atoms with E-state index in [-0.39, 0.29) is 0 Å². The normalized spacial score (nSPS) is 11.5. The van der Waals surface area contributed by atoms with Gasteiger partial charge < -0.3 is 0 Å². The molecule has 19 heavy (non-hydrogen) atoms. The van der Waals surface area contributed by atoms with Crippen molar-refractivity contribution in [3.05, 3.63) is 71.8 Å². The molecule has 0 amide bonds. The zero-order valence-corrected chi connectivity index (χ0v) is 14.5. The molecule has 2 rings (SSSR count). The van der Waals surface area contributed by atoms with Crippen molar-refractivity contribution in [2.24, 2.45) is 0 Å². The van der Waals surface area contributed by atoms with Gasteiger partial charge in [0.15, 0.2) is 0 Å². The minimum atomic E-state index is 0.449. The summed E-state index contributed by atoms with van der Waals surface area (Å²) < 4.78 is 0.449. The van der Waals surface area contributed by atoms with E-state index in [1.807, 2.05) is 0 Å². The molecule has 0 aliphatic rings. The summed E-state index contributed by atoms with van der Waals surface area (Å²) in [7, 11) is 0. The van der Waals surface area contributed by atoms with Gasteiger partial charge in [-0.25, -0.2) is 0 Å².